The van der Waals surface area contributed by atoms with Gasteiger partial charge in [-0.1, -0.05) is 12.1 Å². The van der Waals surface area contributed by atoms with Gasteiger partial charge in [0.05, 0.1) is 14.2 Å². The Bertz CT molecular complexity index is 791. The highest BCUT2D eigenvalue weighted by molar-refractivity contribution is 5.94. The molecule has 0 fully saturated rings. The molecular formula is C20H21NO5. The molecular weight excluding hydrogens is 334 g/mol. The Hall–Kier alpha value is -3.28. The molecule has 0 aromatic heterocycles. The average molecular weight is 355 g/mol. The highest BCUT2D eigenvalue weighted by Crippen LogP contribution is 2.23. The molecule has 2 aromatic carbocycles. The van der Waals surface area contributed by atoms with Crippen molar-refractivity contribution in [3.8, 4) is 11.5 Å². The number of amides is 1. The number of ether oxygens (including phenoxy) is 3. The van der Waals surface area contributed by atoms with Crippen LogP contribution in [-0.2, 0) is 14.3 Å². The van der Waals surface area contributed by atoms with Gasteiger partial charge in [-0.25, -0.2) is 4.79 Å². The number of hydrogen-bond acceptors (Lipinski definition) is 5. The van der Waals surface area contributed by atoms with E-state index >= 15 is 0 Å². The minimum Gasteiger partial charge on any atom is -0.497 e. The Morgan fingerprint density at radius 1 is 1.04 bits per heavy atom. The van der Waals surface area contributed by atoms with Crippen LogP contribution in [0.1, 0.15) is 11.1 Å². The first-order valence-corrected chi connectivity index (χ1v) is 7.94. The first-order valence-electron chi connectivity index (χ1n) is 7.94. The summed E-state index contributed by atoms with van der Waals surface area (Å²) in [5.74, 6) is 0.191. The van der Waals surface area contributed by atoms with Crippen LogP contribution in [0.5, 0.6) is 11.5 Å². The molecule has 0 heterocycles. The molecule has 0 atom stereocenters. The van der Waals surface area contributed by atoms with E-state index in [9.17, 15) is 9.59 Å². The maximum atomic E-state index is 11.8. The summed E-state index contributed by atoms with van der Waals surface area (Å²) in [6, 6.07) is 12.6. The van der Waals surface area contributed by atoms with E-state index in [-0.39, 0.29) is 6.61 Å². The van der Waals surface area contributed by atoms with Crippen LogP contribution >= 0.6 is 0 Å². The maximum Gasteiger partial charge on any atom is 0.331 e. The van der Waals surface area contributed by atoms with Gasteiger partial charge >= 0.3 is 5.97 Å². The summed E-state index contributed by atoms with van der Waals surface area (Å²) in [6.07, 6.45) is 2.81. The summed E-state index contributed by atoms with van der Waals surface area (Å²) < 4.78 is 15.3. The second-order valence-electron chi connectivity index (χ2n) is 5.50. The minimum atomic E-state index is -0.619. The maximum absolute atomic E-state index is 11.8. The first kappa shape index (κ1) is 19.1. The highest BCUT2D eigenvalue weighted by atomic mass is 16.5. The van der Waals surface area contributed by atoms with Gasteiger partial charge in [-0.15, -0.1) is 0 Å². The lowest BCUT2D eigenvalue weighted by molar-refractivity contribution is -0.142. The van der Waals surface area contributed by atoms with Gasteiger partial charge < -0.3 is 19.5 Å². The van der Waals surface area contributed by atoms with Crippen LogP contribution in [0.3, 0.4) is 0 Å². The molecule has 26 heavy (non-hydrogen) atoms. The van der Waals surface area contributed by atoms with Gasteiger partial charge in [-0.2, -0.15) is 0 Å². The van der Waals surface area contributed by atoms with Crippen molar-refractivity contribution in [1.82, 2.24) is 0 Å². The van der Waals surface area contributed by atoms with E-state index in [0.29, 0.717) is 22.7 Å². The van der Waals surface area contributed by atoms with Crippen molar-refractivity contribution in [3.63, 3.8) is 0 Å². The summed E-state index contributed by atoms with van der Waals surface area (Å²) >= 11 is 0. The van der Waals surface area contributed by atoms with Crippen LogP contribution in [0, 0.1) is 6.92 Å². The van der Waals surface area contributed by atoms with Crippen molar-refractivity contribution >= 4 is 23.6 Å². The number of carbonyl (C=O) groups is 2. The fraction of sp³-hybridized carbons (Fsp3) is 0.200. The van der Waals surface area contributed by atoms with E-state index in [1.54, 1.807) is 44.6 Å². The number of esters is 1. The number of aryl methyl sites for hydroxylation is 1. The van der Waals surface area contributed by atoms with Gasteiger partial charge in [0.2, 0.25) is 0 Å². The summed E-state index contributed by atoms with van der Waals surface area (Å²) in [5, 5.41) is 2.67. The number of nitrogens with one attached hydrogen (secondary N) is 1. The van der Waals surface area contributed by atoms with Crippen molar-refractivity contribution in [3.05, 3.63) is 59.7 Å². The van der Waals surface area contributed by atoms with Crippen LogP contribution in [-0.4, -0.2) is 32.7 Å². The molecule has 2 aromatic rings. The zero-order valence-electron chi connectivity index (χ0n) is 14.9. The van der Waals surface area contributed by atoms with Gasteiger partial charge in [-0.3, -0.25) is 4.79 Å². The van der Waals surface area contributed by atoms with E-state index in [2.05, 4.69) is 5.32 Å². The van der Waals surface area contributed by atoms with E-state index in [0.717, 1.165) is 5.56 Å². The third kappa shape index (κ3) is 5.98. The van der Waals surface area contributed by atoms with E-state index < -0.39 is 11.9 Å². The standard InChI is InChI=1S/C20H21NO5/c1-14-5-4-6-16(9-14)21-19(22)13-26-20(23)8-7-15-10-17(24-2)12-18(11-15)25-3/h4-12H,13H2,1-3H3,(H,21,22)/b8-7+. The summed E-state index contributed by atoms with van der Waals surface area (Å²) in [4.78, 5) is 23.6. The quantitative estimate of drug-likeness (QED) is 0.610. The Balaban J connectivity index is 1.88. The Morgan fingerprint density at radius 2 is 1.73 bits per heavy atom. The molecule has 0 saturated heterocycles. The minimum absolute atomic E-state index is 0.363. The van der Waals surface area contributed by atoms with E-state index in [1.807, 2.05) is 25.1 Å². The van der Waals surface area contributed by atoms with Crippen LogP contribution in [0.25, 0.3) is 6.08 Å². The fourth-order valence-electron chi connectivity index (χ4n) is 2.19. The van der Waals surface area contributed by atoms with Crippen molar-refractivity contribution in [1.29, 1.82) is 0 Å². The van der Waals surface area contributed by atoms with Gasteiger partial charge in [0.25, 0.3) is 5.91 Å². The highest BCUT2D eigenvalue weighted by Gasteiger charge is 2.06. The number of hydrogen-bond donors (Lipinski definition) is 1. The molecule has 0 aliphatic rings. The monoisotopic (exact) mass is 355 g/mol. The largest absolute Gasteiger partial charge is 0.497 e. The normalized spacial score (nSPS) is 10.4. The van der Waals surface area contributed by atoms with E-state index in [1.165, 1.54) is 6.08 Å². The van der Waals surface area contributed by atoms with Crippen LogP contribution in [0.2, 0.25) is 0 Å². The summed E-state index contributed by atoms with van der Waals surface area (Å²) in [5.41, 5.74) is 2.39. The number of methoxy groups -OCH3 is 2. The van der Waals surface area contributed by atoms with Gasteiger partial charge in [0, 0.05) is 17.8 Å². The number of benzene rings is 2. The molecule has 0 saturated carbocycles. The average Bonchev–Trinajstić information content (AvgIpc) is 2.64. The molecule has 1 amide bonds. The Labute approximate surface area is 152 Å². The summed E-state index contributed by atoms with van der Waals surface area (Å²) in [6.45, 7) is 1.56. The van der Waals surface area contributed by atoms with Crippen LogP contribution in [0.4, 0.5) is 5.69 Å². The van der Waals surface area contributed by atoms with Gasteiger partial charge in [0.15, 0.2) is 6.61 Å². The number of carbonyl (C=O) groups excluding carboxylic acids is 2. The summed E-state index contributed by atoms with van der Waals surface area (Å²) in [7, 11) is 3.09. The Morgan fingerprint density at radius 3 is 2.35 bits per heavy atom. The lowest BCUT2D eigenvalue weighted by Crippen LogP contribution is -2.20. The van der Waals surface area contributed by atoms with Crippen molar-refractivity contribution in [2.75, 3.05) is 26.1 Å². The van der Waals surface area contributed by atoms with Crippen molar-refractivity contribution in [2.45, 2.75) is 6.92 Å². The van der Waals surface area contributed by atoms with Gasteiger partial charge in [-0.05, 0) is 48.4 Å². The first-order chi connectivity index (χ1) is 12.5. The smallest absolute Gasteiger partial charge is 0.331 e. The third-order valence-electron chi connectivity index (χ3n) is 3.43. The molecule has 0 unspecified atom stereocenters. The number of rotatable bonds is 7. The van der Waals surface area contributed by atoms with Crippen molar-refractivity contribution < 1.29 is 23.8 Å². The Kier molecular flexibility index (Phi) is 6.79. The van der Waals surface area contributed by atoms with Crippen LogP contribution < -0.4 is 14.8 Å². The molecule has 0 radical (unpaired) electrons. The number of anilines is 1. The predicted octanol–water partition coefficient (Wildman–Crippen LogP) is 3.21. The molecule has 6 nitrogen and oxygen atoms in total. The molecule has 0 aliphatic heterocycles. The van der Waals surface area contributed by atoms with Crippen molar-refractivity contribution in [2.24, 2.45) is 0 Å². The zero-order chi connectivity index (χ0) is 18.9. The predicted molar refractivity (Wildman–Crippen MR) is 99.3 cm³/mol. The lowest BCUT2D eigenvalue weighted by Gasteiger charge is -2.06. The molecule has 0 aliphatic carbocycles. The topological polar surface area (TPSA) is 73.9 Å². The SMILES string of the molecule is COc1cc(/C=C/C(=O)OCC(=O)Nc2cccc(C)c2)cc(OC)c1. The molecule has 1 N–H and O–H groups in total. The molecule has 0 bridgehead atoms. The molecule has 0 spiro atoms. The second-order valence-corrected chi connectivity index (χ2v) is 5.50. The molecule has 2 rings (SSSR count). The van der Waals surface area contributed by atoms with Crippen LogP contribution in [0.15, 0.2) is 48.5 Å². The molecule has 136 valence electrons. The van der Waals surface area contributed by atoms with Gasteiger partial charge in [0.1, 0.15) is 11.5 Å². The fourth-order valence-corrected chi connectivity index (χ4v) is 2.19. The third-order valence-corrected chi connectivity index (χ3v) is 3.43. The second kappa shape index (κ2) is 9.27. The zero-order valence-corrected chi connectivity index (χ0v) is 14.9. The lowest BCUT2D eigenvalue weighted by atomic mass is 10.2. The molecule has 6 heteroatoms. The van der Waals surface area contributed by atoms with E-state index in [4.69, 9.17) is 14.2 Å².